The van der Waals surface area contributed by atoms with Gasteiger partial charge in [-0.3, -0.25) is 0 Å². The number of nitrogens with zero attached hydrogens (tertiary/aromatic N) is 4. The lowest BCUT2D eigenvalue weighted by atomic mass is 10.2. The van der Waals surface area contributed by atoms with Crippen LogP contribution in [-0.2, 0) is 6.54 Å². The van der Waals surface area contributed by atoms with E-state index >= 15 is 0 Å². The number of aromatic nitrogens is 2. The SMILES string of the molecule is CCN1CCN(c2cc(NCc3ccccc3OC)nc(C)n2)CC1. The second kappa shape index (κ2) is 8.16. The molecule has 1 aromatic carbocycles. The first-order chi connectivity index (χ1) is 12.2. The first kappa shape index (κ1) is 17.5. The predicted octanol–water partition coefficient (Wildman–Crippen LogP) is 2.55. The van der Waals surface area contributed by atoms with Gasteiger partial charge in [0.1, 0.15) is 23.2 Å². The van der Waals surface area contributed by atoms with Crippen molar-refractivity contribution >= 4 is 11.6 Å². The molecule has 0 radical (unpaired) electrons. The normalized spacial score (nSPS) is 15.2. The van der Waals surface area contributed by atoms with Crippen molar-refractivity contribution in [3.8, 4) is 5.75 Å². The number of hydrogen-bond donors (Lipinski definition) is 1. The van der Waals surface area contributed by atoms with Gasteiger partial charge < -0.3 is 19.9 Å². The fourth-order valence-electron chi connectivity index (χ4n) is 3.13. The first-order valence-electron chi connectivity index (χ1n) is 8.88. The summed E-state index contributed by atoms with van der Waals surface area (Å²) in [6.07, 6.45) is 0. The van der Waals surface area contributed by atoms with Gasteiger partial charge in [-0.15, -0.1) is 0 Å². The van der Waals surface area contributed by atoms with Crippen LogP contribution in [0.3, 0.4) is 0 Å². The van der Waals surface area contributed by atoms with Crippen LogP contribution >= 0.6 is 0 Å². The minimum absolute atomic E-state index is 0.670. The zero-order valence-electron chi connectivity index (χ0n) is 15.3. The second-order valence-corrected chi connectivity index (χ2v) is 6.25. The summed E-state index contributed by atoms with van der Waals surface area (Å²) in [7, 11) is 1.70. The molecule has 134 valence electrons. The quantitative estimate of drug-likeness (QED) is 0.871. The molecule has 1 aromatic heterocycles. The standard InChI is InChI=1S/C19H27N5O/c1-4-23-9-11-24(12-10-23)19-13-18(21-15(2)22-19)20-14-16-7-5-6-8-17(16)25-3/h5-8,13H,4,9-12,14H2,1-3H3,(H,20,21,22). The van der Waals surface area contributed by atoms with Crippen LogP contribution in [0.25, 0.3) is 0 Å². The minimum Gasteiger partial charge on any atom is -0.496 e. The van der Waals surface area contributed by atoms with E-state index in [1.54, 1.807) is 7.11 Å². The maximum atomic E-state index is 5.41. The number of benzene rings is 1. The molecule has 6 nitrogen and oxygen atoms in total. The van der Waals surface area contributed by atoms with E-state index in [-0.39, 0.29) is 0 Å². The van der Waals surface area contributed by atoms with Crippen molar-refractivity contribution in [1.29, 1.82) is 0 Å². The molecule has 6 heteroatoms. The fourth-order valence-corrected chi connectivity index (χ4v) is 3.13. The molecular formula is C19H27N5O. The molecule has 0 aliphatic carbocycles. The molecule has 25 heavy (non-hydrogen) atoms. The Kier molecular flexibility index (Phi) is 5.71. The highest BCUT2D eigenvalue weighted by Crippen LogP contribution is 2.21. The summed E-state index contributed by atoms with van der Waals surface area (Å²) in [6.45, 7) is 10.1. The monoisotopic (exact) mass is 341 g/mol. The van der Waals surface area contributed by atoms with E-state index in [1.165, 1.54) is 0 Å². The second-order valence-electron chi connectivity index (χ2n) is 6.25. The van der Waals surface area contributed by atoms with Gasteiger partial charge in [-0.2, -0.15) is 0 Å². The average Bonchev–Trinajstić information content (AvgIpc) is 2.66. The van der Waals surface area contributed by atoms with Crippen molar-refractivity contribution < 1.29 is 4.74 Å². The third-order valence-corrected chi connectivity index (χ3v) is 4.62. The Hall–Kier alpha value is -2.34. The zero-order chi connectivity index (χ0) is 17.6. The lowest BCUT2D eigenvalue weighted by molar-refractivity contribution is 0.270. The lowest BCUT2D eigenvalue weighted by Gasteiger charge is -2.34. The first-order valence-corrected chi connectivity index (χ1v) is 8.88. The highest BCUT2D eigenvalue weighted by atomic mass is 16.5. The van der Waals surface area contributed by atoms with E-state index in [0.717, 1.165) is 61.5 Å². The van der Waals surface area contributed by atoms with E-state index in [2.05, 4.69) is 38.1 Å². The molecule has 2 heterocycles. The summed E-state index contributed by atoms with van der Waals surface area (Å²) in [5.41, 5.74) is 1.11. The van der Waals surface area contributed by atoms with Crippen LogP contribution in [0.1, 0.15) is 18.3 Å². The molecule has 1 fully saturated rings. The molecule has 0 saturated carbocycles. The summed E-state index contributed by atoms with van der Waals surface area (Å²) < 4.78 is 5.41. The number of likely N-dealkylation sites (N-methyl/N-ethyl adjacent to an activating group) is 1. The van der Waals surface area contributed by atoms with Gasteiger partial charge in [0.15, 0.2) is 0 Å². The topological polar surface area (TPSA) is 53.5 Å². The van der Waals surface area contributed by atoms with Crippen molar-refractivity contribution in [2.45, 2.75) is 20.4 Å². The Morgan fingerprint density at radius 3 is 2.60 bits per heavy atom. The van der Waals surface area contributed by atoms with Gasteiger partial charge in [-0.25, -0.2) is 9.97 Å². The van der Waals surface area contributed by atoms with Crippen molar-refractivity contribution in [3.05, 3.63) is 41.7 Å². The Balaban J connectivity index is 1.69. The van der Waals surface area contributed by atoms with Crippen molar-refractivity contribution in [1.82, 2.24) is 14.9 Å². The van der Waals surface area contributed by atoms with Gasteiger partial charge in [0, 0.05) is 44.4 Å². The van der Waals surface area contributed by atoms with Crippen LogP contribution in [0.15, 0.2) is 30.3 Å². The molecule has 0 unspecified atom stereocenters. The van der Waals surface area contributed by atoms with Crippen LogP contribution in [0.4, 0.5) is 11.6 Å². The molecule has 0 amide bonds. The molecule has 0 bridgehead atoms. The Morgan fingerprint density at radius 1 is 1.12 bits per heavy atom. The number of rotatable bonds is 6. The highest BCUT2D eigenvalue weighted by molar-refractivity contribution is 5.50. The molecule has 1 aliphatic heterocycles. The van der Waals surface area contributed by atoms with Crippen LogP contribution in [-0.4, -0.2) is 54.7 Å². The van der Waals surface area contributed by atoms with Crippen molar-refractivity contribution in [2.24, 2.45) is 0 Å². The van der Waals surface area contributed by atoms with E-state index in [0.29, 0.717) is 6.54 Å². The molecule has 0 atom stereocenters. The highest BCUT2D eigenvalue weighted by Gasteiger charge is 2.17. The lowest BCUT2D eigenvalue weighted by Crippen LogP contribution is -2.46. The molecule has 1 aliphatic rings. The third-order valence-electron chi connectivity index (χ3n) is 4.62. The van der Waals surface area contributed by atoms with Gasteiger partial charge in [-0.05, 0) is 19.5 Å². The van der Waals surface area contributed by atoms with E-state index in [1.807, 2.05) is 31.2 Å². The maximum Gasteiger partial charge on any atom is 0.134 e. The maximum absolute atomic E-state index is 5.41. The summed E-state index contributed by atoms with van der Waals surface area (Å²) in [5, 5.41) is 3.41. The molecular weight excluding hydrogens is 314 g/mol. The summed E-state index contributed by atoms with van der Waals surface area (Å²) in [5.74, 6) is 3.53. The number of ether oxygens (including phenoxy) is 1. The third kappa shape index (κ3) is 4.39. The van der Waals surface area contributed by atoms with Gasteiger partial charge in [0.05, 0.1) is 7.11 Å². The van der Waals surface area contributed by atoms with Crippen LogP contribution in [0.2, 0.25) is 0 Å². The van der Waals surface area contributed by atoms with E-state index < -0.39 is 0 Å². The van der Waals surface area contributed by atoms with E-state index in [4.69, 9.17) is 4.74 Å². The fraction of sp³-hybridized carbons (Fsp3) is 0.474. The Morgan fingerprint density at radius 2 is 1.88 bits per heavy atom. The van der Waals surface area contributed by atoms with Crippen LogP contribution in [0, 0.1) is 6.92 Å². The van der Waals surface area contributed by atoms with Crippen LogP contribution < -0.4 is 15.0 Å². The zero-order valence-corrected chi connectivity index (χ0v) is 15.3. The van der Waals surface area contributed by atoms with Gasteiger partial charge in [0.25, 0.3) is 0 Å². The summed E-state index contributed by atoms with van der Waals surface area (Å²) in [4.78, 5) is 14.0. The Labute approximate surface area is 149 Å². The smallest absolute Gasteiger partial charge is 0.134 e. The van der Waals surface area contributed by atoms with E-state index in [9.17, 15) is 0 Å². The Bertz CT molecular complexity index is 698. The molecule has 0 spiro atoms. The van der Waals surface area contributed by atoms with Crippen LogP contribution in [0.5, 0.6) is 5.75 Å². The van der Waals surface area contributed by atoms with Gasteiger partial charge >= 0.3 is 0 Å². The molecule has 1 saturated heterocycles. The number of piperazine rings is 1. The molecule has 1 N–H and O–H groups in total. The molecule has 3 rings (SSSR count). The minimum atomic E-state index is 0.670. The van der Waals surface area contributed by atoms with Crippen molar-refractivity contribution in [2.75, 3.05) is 50.1 Å². The van der Waals surface area contributed by atoms with Gasteiger partial charge in [0.2, 0.25) is 0 Å². The number of nitrogens with one attached hydrogen (secondary N) is 1. The average molecular weight is 341 g/mol. The van der Waals surface area contributed by atoms with Crippen molar-refractivity contribution in [3.63, 3.8) is 0 Å². The summed E-state index contributed by atoms with van der Waals surface area (Å²) >= 11 is 0. The summed E-state index contributed by atoms with van der Waals surface area (Å²) in [6, 6.07) is 10.1. The number of anilines is 2. The largest absolute Gasteiger partial charge is 0.496 e. The molecule has 2 aromatic rings. The number of aryl methyl sites for hydroxylation is 1. The number of para-hydroxylation sites is 1. The predicted molar refractivity (Wildman–Crippen MR) is 101 cm³/mol. The number of methoxy groups -OCH3 is 1. The number of hydrogen-bond acceptors (Lipinski definition) is 6. The van der Waals surface area contributed by atoms with Gasteiger partial charge in [-0.1, -0.05) is 25.1 Å².